The highest BCUT2D eigenvalue weighted by Gasteiger charge is 2.16. The second kappa shape index (κ2) is 4.34. The fourth-order valence-corrected chi connectivity index (χ4v) is 2.69. The first kappa shape index (κ1) is 13.2. The molecule has 104 valence electrons. The Balaban J connectivity index is 2.38. The van der Waals surface area contributed by atoms with Crippen molar-refractivity contribution in [3.05, 3.63) is 47.8 Å². The lowest BCUT2D eigenvalue weighted by Gasteiger charge is -2.20. The van der Waals surface area contributed by atoms with Crippen LogP contribution in [-0.2, 0) is 5.41 Å². The van der Waals surface area contributed by atoms with Crippen molar-refractivity contribution in [2.45, 2.75) is 46.0 Å². The first-order valence-electron chi connectivity index (χ1n) is 7.29. The number of rotatable bonds is 1. The highest BCUT2D eigenvalue weighted by atomic mass is 14.9. The van der Waals surface area contributed by atoms with Crippen LogP contribution in [0.5, 0.6) is 0 Å². The molecule has 20 heavy (non-hydrogen) atoms. The highest BCUT2D eigenvalue weighted by molar-refractivity contribution is 5.80. The van der Waals surface area contributed by atoms with Gasteiger partial charge in [-0.2, -0.15) is 0 Å². The van der Waals surface area contributed by atoms with E-state index in [1.54, 1.807) is 0 Å². The van der Waals surface area contributed by atoms with Crippen LogP contribution in [0.25, 0.3) is 16.6 Å². The molecule has 0 aliphatic carbocycles. The Kier molecular flexibility index (Phi) is 2.86. The minimum atomic E-state index is 0.152. The zero-order valence-electron chi connectivity index (χ0n) is 12.9. The summed E-state index contributed by atoms with van der Waals surface area (Å²) in [6.45, 7) is 11.1. The third kappa shape index (κ3) is 2.00. The molecule has 0 N–H and O–H groups in total. The fraction of sp³-hybridized carbons (Fsp3) is 0.389. The van der Waals surface area contributed by atoms with Crippen LogP contribution in [0.15, 0.2) is 36.5 Å². The van der Waals surface area contributed by atoms with Crippen molar-refractivity contribution in [1.29, 1.82) is 0 Å². The number of hydrogen-bond acceptors (Lipinski definition) is 1. The molecule has 0 spiro atoms. The molecule has 0 saturated carbocycles. The summed E-state index contributed by atoms with van der Waals surface area (Å²) < 4.78 is 2.25. The summed E-state index contributed by atoms with van der Waals surface area (Å²) in [6, 6.07) is 10.9. The zero-order valence-corrected chi connectivity index (χ0v) is 12.9. The van der Waals surface area contributed by atoms with E-state index in [2.05, 4.69) is 75.5 Å². The van der Waals surface area contributed by atoms with Crippen molar-refractivity contribution in [2.24, 2.45) is 0 Å². The molecule has 0 unspecified atom stereocenters. The lowest BCUT2D eigenvalue weighted by molar-refractivity contribution is 0.591. The van der Waals surface area contributed by atoms with Crippen molar-refractivity contribution in [1.82, 2.24) is 9.38 Å². The van der Waals surface area contributed by atoms with Gasteiger partial charge in [-0.05, 0) is 41.2 Å². The summed E-state index contributed by atoms with van der Waals surface area (Å²) in [7, 11) is 0. The van der Waals surface area contributed by atoms with Crippen LogP contribution < -0.4 is 0 Å². The van der Waals surface area contributed by atoms with Crippen molar-refractivity contribution >= 4 is 16.6 Å². The first-order valence-corrected chi connectivity index (χ1v) is 7.29. The molecule has 0 aliphatic heterocycles. The van der Waals surface area contributed by atoms with Gasteiger partial charge in [0, 0.05) is 6.20 Å². The van der Waals surface area contributed by atoms with Gasteiger partial charge in [-0.1, -0.05) is 40.7 Å². The molecule has 3 rings (SSSR count). The second-order valence-corrected chi connectivity index (χ2v) is 6.87. The molecule has 0 radical (unpaired) electrons. The largest absolute Gasteiger partial charge is 0.313 e. The Hall–Kier alpha value is -1.83. The van der Waals surface area contributed by atoms with Crippen LogP contribution in [-0.4, -0.2) is 9.38 Å². The SMILES string of the molecule is CC(C)c1nc2cc(C(C)(C)C)ccc2n2cccc12. The highest BCUT2D eigenvalue weighted by Crippen LogP contribution is 2.28. The van der Waals surface area contributed by atoms with Gasteiger partial charge >= 0.3 is 0 Å². The normalized spacial score (nSPS) is 12.7. The summed E-state index contributed by atoms with van der Waals surface area (Å²) in [5, 5.41) is 0. The molecule has 3 aromatic rings. The molecule has 0 aliphatic rings. The lowest BCUT2D eigenvalue weighted by Crippen LogP contribution is -2.11. The van der Waals surface area contributed by atoms with Gasteiger partial charge < -0.3 is 4.40 Å². The van der Waals surface area contributed by atoms with Gasteiger partial charge in [-0.15, -0.1) is 0 Å². The maximum Gasteiger partial charge on any atom is 0.0877 e. The van der Waals surface area contributed by atoms with Gasteiger partial charge in [0.15, 0.2) is 0 Å². The number of aromatic nitrogens is 2. The number of nitrogens with zero attached hydrogens (tertiary/aromatic N) is 2. The van der Waals surface area contributed by atoms with E-state index < -0.39 is 0 Å². The zero-order chi connectivity index (χ0) is 14.5. The topological polar surface area (TPSA) is 17.3 Å². The van der Waals surface area contributed by atoms with E-state index in [9.17, 15) is 0 Å². The second-order valence-electron chi connectivity index (χ2n) is 6.87. The Labute approximate surface area is 120 Å². The van der Waals surface area contributed by atoms with Crippen LogP contribution in [0.3, 0.4) is 0 Å². The van der Waals surface area contributed by atoms with E-state index in [1.807, 2.05) is 0 Å². The van der Waals surface area contributed by atoms with Crippen LogP contribution in [0, 0.1) is 0 Å². The van der Waals surface area contributed by atoms with Gasteiger partial charge in [0.2, 0.25) is 0 Å². The summed E-state index contributed by atoms with van der Waals surface area (Å²) in [4.78, 5) is 4.93. The summed E-state index contributed by atoms with van der Waals surface area (Å²) in [5.41, 5.74) is 6.15. The van der Waals surface area contributed by atoms with Crippen LogP contribution in [0.1, 0.15) is 51.8 Å². The molecular formula is C18H22N2. The summed E-state index contributed by atoms with van der Waals surface area (Å²) in [6.07, 6.45) is 2.13. The van der Waals surface area contributed by atoms with E-state index in [1.165, 1.54) is 22.3 Å². The molecule has 2 heterocycles. The summed E-state index contributed by atoms with van der Waals surface area (Å²) in [5.74, 6) is 0.426. The fourth-order valence-electron chi connectivity index (χ4n) is 2.69. The summed E-state index contributed by atoms with van der Waals surface area (Å²) >= 11 is 0. The molecule has 2 nitrogen and oxygen atoms in total. The Morgan fingerprint density at radius 1 is 1.05 bits per heavy atom. The molecule has 1 aromatic carbocycles. The Morgan fingerprint density at radius 2 is 1.80 bits per heavy atom. The Morgan fingerprint density at radius 3 is 2.45 bits per heavy atom. The minimum absolute atomic E-state index is 0.152. The van der Waals surface area contributed by atoms with E-state index in [0.29, 0.717) is 5.92 Å². The lowest BCUT2D eigenvalue weighted by atomic mass is 9.87. The maximum absolute atomic E-state index is 4.93. The quantitative estimate of drug-likeness (QED) is 0.612. The maximum atomic E-state index is 4.93. The minimum Gasteiger partial charge on any atom is -0.313 e. The standard InChI is InChI=1S/C18H22N2/c1-12(2)17-16-7-6-10-20(16)15-9-8-13(18(3,4)5)11-14(15)19-17/h6-12H,1-5H3. The van der Waals surface area contributed by atoms with Crippen molar-refractivity contribution in [2.75, 3.05) is 0 Å². The third-order valence-electron chi connectivity index (χ3n) is 3.90. The third-order valence-corrected chi connectivity index (χ3v) is 3.90. The number of fused-ring (bicyclic) bond motifs is 3. The number of hydrogen-bond donors (Lipinski definition) is 0. The molecular weight excluding hydrogens is 244 g/mol. The molecule has 0 atom stereocenters. The average Bonchev–Trinajstić information content (AvgIpc) is 2.84. The van der Waals surface area contributed by atoms with E-state index >= 15 is 0 Å². The smallest absolute Gasteiger partial charge is 0.0877 e. The van der Waals surface area contributed by atoms with Crippen LogP contribution in [0.4, 0.5) is 0 Å². The molecule has 0 saturated heterocycles. The molecule has 0 bridgehead atoms. The van der Waals surface area contributed by atoms with E-state index in [0.717, 1.165) is 5.52 Å². The van der Waals surface area contributed by atoms with Gasteiger partial charge in [0.05, 0.1) is 22.2 Å². The van der Waals surface area contributed by atoms with E-state index in [-0.39, 0.29) is 5.41 Å². The van der Waals surface area contributed by atoms with Crippen LogP contribution in [0.2, 0.25) is 0 Å². The molecule has 2 aromatic heterocycles. The van der Waals surface area contributed by atoms with Gasteiger partial charge in [0.25, 0.3) is 0 Å². The average molecular weight is 266 g/mol. The predicted molar refractivity (Wildman–Crippen MR) is 85.5 cm³/mol. The van der Waals surface area contributed by atoms with Gasteiger partial charge in [-0.25, -0.2) is 4.98 Å². The molecule has 0 amide bonds. The first-order chi connectivity index (χ1) is 9.38. The molecule has 0 fully saturated rings. The van der Waals surface area contributed by atoms with Crippen molar-refractivity contribution < 1.29 is 0 Å². The van der Waals surface area contributed by atoms with Gasteiger partial charge in [0.1, 0.15) is 0 Å². The van der Waals surface area contributed by atoms with Gasteiger partial charge in [-0.3, -0.25) is 0 Å². The number of benzene rings is 1. The Bertz CT molecular complexity index is 773. The predicted octanol–water partition coefficient (Wildman–Crippen LogP) is 4.91. The van der Waals surface area contributed by atoms with Crippen molar-refractivity contribution in [3.8, 4) is 0 Å². The van der Waals surface area contributed by atoms with Crippen LogP contribution >= 0.6 is 0 Å². The van der Waals surface area contributed by atoms with Crippen molar-refractivity contribution in [3.63, 3.8) is 0 Å². The molecule has 2 heteroatoms. The monoisotopic (exact) mass is 266 g/mol. The van der Waals surface area contributed by atoms with E-state index in [4.69, 9.17) is 4.98 Å².